The maximum absolute atomic E-state index is 12.1. The lowest BCUT2D eigenvalue weighted by Crippen LogP contribution is -2.40. The van der Waals surface area contributed by atoms with Crippen molar-refractivity contribution in [2.24, 2.45) is 0 Å². The first kappa shape index (κ1) is 37.5. The molecule has 0 saturated heterocycles. The van der Waals surface area contributed by atoms with Crippen molar-refractivity contribution >= 4 is 17.8 Å². The van der Waals surface area contributed by atoms with Crippen LogP contribution >= 0.6 is 0 Å². The highest BCUT2D eigenvalue weighted by atomic mass is 16.4. The Morgan fingerprint density at radius 3 is 1.41 bits per heavy atom. The van der Waals surface area contributed by atoms with E-state index in [9.17, 15) is 19.5 Å². The van der Waals surface area contributed by atoms with E-state index in [1.54, 1.807) is 0 Å². The van der Waals surface area contributed by atoms with Gasteiger partial charge in [0.1, 0.15) is 6.04 Å². The second-order valence-corrected chi connectivity index (χ2v) is 10.5. The molecule has 0 unspecified atom stereocenters. The second-order valence-electron chi connectivity index (χ2n) is 10.5. The van der Waals surface area contributed by atoms with E-state index in [0.717, 1.165) is 38.5 Å². The number of rotatable bonds is 27. The number of carboxylic acids is 1. The summed E-state index contributed by atoms with van der Waals surface area (Å²) in [5, 5.41) is 15.0. The van der Waals surface area contributed by atoms with Crippen LogP contribution in [0.4, 0.5) is 0 Å². The highest BCUT2D eigenvalue weighted by molar-refractivity contribution is 5.83. The summed E-state index contributed by atoms with van der Waals surface area (Å²) in [6, 6.07) is -0.839. The number of hydrogen-bond donors (Lipinski definition) is 4. The molecule has 0 aromatic carbocycles. The lowest BCUT2D eigenvalue weighted by molar-refractivity contribution is -0.142. The van der Waals surface area contributed by atoms with E-state index >= 15 is 0 Å². The second kappa shape index (κ2) is 28.9. The standard InChI is InChI=1S/C30H58N2O4.H3N/c1-3-5-7-9-11-13-15-17-19-24-28(33)31-26-22-21-23-27(30(35)36)32-29(34)25-20-18-16-14-12-10-8-6-4-2;/h27H,3-26H2,1-2H3,(H,31,33)(H,32,34)(H,35,36);1H3/p+1/t27-;/m0./s1. The molecule has 0 bridgehead atoms. The Balaban J connectivity index is 0. The first-order valence-corrected chi connectivity index (χ1v) is 15.3. The summed E-state index contributed by atoms with van der Waals surface area (Å²) in [6.07, 6.45) is 24.6. The Morgan fingerprint density at radius 1 is 0.568 bits per heavy atom. The molecular weight excluding hydrogens is 466 g/mol. The zero-order valence-corrected chi connectivity index (χ0v) is 24.7. The lowest BCUT2D eigenvalue weighted by atomic mass is 10.1. The number of quaternary nitrogens is 1. The summed E-state index contributed by atoms with van der Waals surface area (Å²) < 4.78 is 0. The van der Waals surface area contributed by atoms with Crippen molar-refractivity contribution in [2.45, 2.75) is 168 Å². The van der Waals surface area contributed by atoms with Crippen LogP contribution in [0.3, 0.4) is 0 Å². The highest BCUT2D eigenvalue weighted by Crippen LogP contribution is 2.12. The van der Waals surface area contributed by atoms with Gasteiger partial charge in [-0.15, -0.1) is 0 Å². The van der Waals surface area contributed by atoms with Crippen LogP contribution in [0.1, 0.15) is 162 Å². The van der Waals surface area contributed by atoms with Gasteiger partial charge in [-0.3, -0.25) is 9.59 Å². The van der Waals surface area contributed by atoms with Gasteiger partial charge in [-0.2, -0.15) is 0 Å². The van der Waals surface area contributed by atoms with Crippen molar-refractivity contribution < 1.29 is 19.5 Å². The van der Waals surface area contributed by atoms with Crippen LogP contribution in [0.15, 0.2) is 0 Å². The smallest absolute Gasteiger partial charge is 0.326 e. The summed E-state index contributed by atoms with van der Waals surface area (Å²) >= 11 is 0. The zero-order valence-electron chi connectivity index (χ0n) is 24.7. The van der Waals surface area contributed by atoms with Gasteiger partial charge in [0, 0.05) is 19.4 Å². The SMILES string of the molecule is CCCCCCCCCCCC(=O)NCCCC[C@H](NC(=O)CCCCCCCCCCC)C(=O)O.[NH4+]. The van der Waals surface area contributed by atoms with E-state index < -0.39 is 12.0 Å². The van der Waals surface area contributed by atoms with Crippen LogP contribution in [0.2, 0.25) is 0 Å². The summed E-state index contributed by atoms with van der Waals surface area (Å²) in [4.78, 5) is 35.6. The van der Waals surface area contributed by atoms with E-state index in [4.69, 9.17) is 0 Å². The topological polar surface area (TPSA) is 132 Å². The Morgan fingerprint density at radius 2 is 0.973 bits per heavy atom. The maximum Gasteiger partial charge on any atom is 0.326 e. The fraction of sp³-hybridized carbons (Fsp3) is 0.900. The van der Waals surface area contributed by atoms with E-state index in [2.05, 4.69) is 24.5 Å². The van der Waals surface area contributed by atoms with E-state index in [1.807, 2.05) is 0 Å². The van der Waals surface area contributed by atoms with Crippen LogP contribution < -0.4 is 16.8 Å². The van der Waals surface area contributed by atoms with Crippen molar-refractivity contribution in [3.8, 4) is 0 Å². The molecule has 0 aromatic heterocycles. The van der Waals surface area contributed by atoms with Gasteiger partial charge in [-0.1, -0.05) is 117 Å². The molecule has 7 nitrogen and oxygen atoms in total. The quantitative estimate of drug-likeness (QED) is 0.0802. The molecule has 0 saturated carbocycles. The Bertz CT molecular complexity index is 543. The molecule has 1 atom stereocenters. The number of carbonyl (C=O) groups excluding carboxylic acids is 2. The maximum atomic E-state index is 12.1. The van der Waals surface area contributed by atoms with Crippen LogP contribution in [0, 0.1) is 0 Å². The third-order valence-corrected chi connectivity index (χ3v) is 6.89. The molecule has 0 fully saturated rings. The molecular formula is C30H62N3O4+. The predicted molar refractivity (Wildman–Crippen MR) is 156 cm³/mol. The minimum absolute atomic E-state index is 0. The molecule has 0 aliphatic rings. The van der Waals surface area contributed by atoms with Crippen LogP contribution in [-0.4, -0.2) is 35.5 Å². The van der Waals surface area contributed by atoms with Gasteiger partial charge in [0.25, 0.3) is 0 Å². The fourth-order valence-corrected chi connectivity index (χ4v) is 4.51. The van der Waals surface area contributed by atoms with Crippen LogP contribution in [-0.2, 0) is 14.4 Å². The third-order valence-electron chi connectivity index (χ3n) is 6.89. The average Bonchev–Trinajstić information content (AvgIpc) is 2.85. The van der Waals surface area contributed by atoms with E-state index in [1.165, 1.54) is 83.5 Å². The minimum Gasteiger partial charge on any atom is -0.480 e. The number of hydrogen-bond acceptors (Lipinski definition) is 3. The number of carboxylic acid groups (broad SMARTS) is 1. The number of amides is 2. The van der Waals surface area contributed by atoms with Gasteiger partial charge in [0.2, 0.25) is 11.8 Å². The van der Waals surface area contributed by atoms with Crippen molar-refractivity contribution in [2.75, 3.05) is 6.54 Å². The first-order valence-electron chi connectivity index (χ1n) is 15.3. The predicted octanol–water partition coefficient (Wildman–Crippen LogP) is 8.06. The number of unbranched alkanes of at least 4 members (excludes halogenated alkanes) is 17. The summed E-state index contributed by atoms with van der Waals surface area (Å²) in [7, 11) is 0. The molecule has 0 spiro atoms. The number of aliphatic carboxylic acids is 1. The van der Waals surface area contributed by atoms with Gasteiger partial charge in [0.05, 0.1) is 0 Å². The van der Waals surface area contributed by atoms with Gasteiger partial charge < -0.3 is 21.9 Å². The Labute approximate surface area is 228 Å². The van der Waals surface area contributed by atoms with E-state index in [-0.39, 0.29) is 18.0 Å². The lowest BCUT2D eigenvalue weighted by Gasteiger charge is -2.14. The van der Waals surface area contributed by atoms with Gasteiger partial charge in [-0.25, -0.2) is 4.79 Å². The molecule has 2 amide bonds. The van der Waals surface area contributed by atoms with Crippen LogP contribution in [0.5, 0.6) is 0 Å². The molecule has 0 aliphatic heterocycles. The van der Waals surface area contributed by atoms with Crippen LogP contribution in [0.25, 0.3) is 0 Å². The molecule has 0 heterocycles. The normalized spacial score (nSPS) is 11.5. The number of nitrogens with one attached hydrogen (secondary N) is 2. The summed E-state index contributed by atoms with van der Waals surface area (Å²) in [5.74, 6) is -1.06. The molecule has 37 heavy (non-hydrogen) atoms. The summed E-state index contributed by atoms with van der Waals surface area (Å²) in [6.45, 7) is 5.02. The van der Waals surface area contributed by atoms with Crippen molar-refractivity contribution in [1.29, 1.82) is 0 Å². The molecule has 220 valence electrons. The molecule has 7 heteroatoms. The zero-order chi connectivity index (χ0) is 26.7. The first-order chi connectivity index (χ1) is 17.5. The molecule has 0 aliphatic carbocycles. The highest BCUT2D eigenvalue weighted by Gasteiger charge is 2.19. The largest absolute Gasteiger partial charge is 0.480 e. The minimum atomic E-state index is -0.982. The van der Waals surface area contributed by atoms with Gasteiger partial charge in [-0.05, 0) is 32.1 Å². The molecule has 0 aromatic rings. The van der Waals surface area contributed by atoms with Crippen molar-refractivity contribution in [1.82, 2.24) is 16.8 Å². The van der Waals surface area contributed by atoms with E-state index in [0.29, 0.717) is 32.2 Å². The molecule has 7 N–H and O–H groups in total. The molecule has 0 rings (SSSR count). The van der Waals surface area contributed by atoms with Gasteiger partial charge in [0.15, 0.2) is 0 Å². The Hall–Kier alpha value is -1.63. The Kier molecular flexibility index (Phi) is 29.3. The average molecular weight is 529 g/mol. The third kappa shape index (κ3) is 27.2. The number of carbonyl (C=O) groups is 3. The van der Waals surface area contributed by atoms with Gasteiger partial charge >= 0.3 is 5.97 Å². The summed E-state index contributed by atoms with van der Waals surface area (Å²) in [5.41, 5.74) is 0. The van der Waals surface area contributed by atoms with Crippen molar-refractivity contribution in [3.05, 3.63) is 0 Å². The monoisotopic (exact) mass is 528 g/mol. The molecule has 0 radical (unpaired) electrons. The fourth-order valence-electron chi connectivity index (χ4n) is 4.51. The van der Waals surface area contributed by atoms with Crippen molar-refractivity contribution in [3.63, 3.8) is 0 Å².